The minimum absolute atomic E-state index is 0.308. The van der Waals surface area contributed by atoms with Gasteiger partial charge in [-0.2, -0.15) is 0 Å². The molecule has 0 fully saturated rings. The predicted octanol–water partition coefficient (Wildman–Crippen LogP) is 4.59. The summed E-state index contributed by atoms with van der Waals surface area (Å²) < 4.78 is 5.18. The van der Waals surface area contributed by atoms with E-state index in [1.165, 1.54) is 0 Å². The zero-order valence-electron chi connectivity index (χ0n) is 15.2. The Labute approximate surface area is 164 Å². The molecule has 0 saturated heterocycles. The highest BCUT2D eigenvalue weighted by atomic mass is 16.4. The smallest absolute Gasteiger partial charge is 0.406 e. The van der Waals surface area contributed by atoms with E-state index in [9.17, 15) is 9.59 Å². The largest absolute Gasteiger partial charge is 0.417 e. The fourth-order valence-corrected chi connectivity index (χ4v) is 3.38. The highest BCUT2D eigenvalue weighted by Crippen LogP contribution is 2.27. The van der Waals surface area contributed by atoms with Gasteiger partial charge in [-0.15, -0.1) is 0 Å². The number of carbonyl (C=O) groups is 1. The number of rotatable bonds is 3. The molecule has 5 aromatic rings. The van der Waals surface area contributed by atoms with E-state index in [1.807, 2.05) is 54.6 Å². The van der Waals surface area contributed by atoms with Gasteiger partial charge in [0.1, 0.15) is 0 Å². The van der Waals surface area contributed by atoms with Crippen LogP contribution in [0.5, 0.6) is 0 Å². The number of aromatic nitrogens is 2. The molecule has 0 aliphatic carbocycles. The molecule has 0 saturated carbocycles. The van der Waals surface area contributed by atoms with E-state index in [2.05, 4.69) is 10.3 Å². The van der Waals surface area contributed by atoms with Crippen LogP contribution in [0.4, 0.5) is 5.69 Å². The Morgan fingerprint density at radius 3 is 2.59 bits per heavy atom. The summed E-state index contributed by atoms with van der Waals surface area (Å²) in [6.45, 7) is 0. The molecule has 0 bridgehead atoms. The van der Waals surface area contributed by atoms with E-state index in [-0.39, 0.29) is 5.91 Å². The molecule has 2 N–H and O–H groups in total. The first kappa shape index (κ1) is 16.9. The normalized spacial score (nSPS) is 11.0. The van der Waals surface area contributed by atoms with Gasteiger partial charge in [0.25, 0.3) is 5.91 Å². The summed E-state index contributed by atoms with van der Waals surface area (Å²) in [5, 5.41) is 3.61. The molecule has 0 aliphatic heterocycles. The monoisotopic (exact) mass is 381 g/mol. The van der Waals surface area contributed by atoms with Crippen LogP contribution in [0.2, 0.25) is 0 Å². The van der Waals surface area contributed by atoms with Crippen molar-refractivity contribution < 1.29 is 9.21 Å². The second-order valence-electron chi connectivity index (χ2n) is 6.59. The minimum atomic E-state index is -0.567. The standard InChI is InChI=1S/C23H15N3O3/c27-22(25-18-11-6-12-19-21(18)29-23(28)26-19)16-13-20(14-7-2-1-3-8-14)24-17-10-5-4-9-15(16)17/h1-13H,(H,25,27)(H,26,28). The number of H-pyrrole nitrogens is 1. The number of aromatic amines is 1. The Morgan fingerprint density at radius 1 is 0.931 bits per heavy atom. The number of fused-ring (bicyclic) bond motifs is 2. The van der Waals surface area contributed by atoms with E-state index in [0.717, 1.165) is 16.5 Å². The number of hydrogen-bond donors (Lipinski definition) is 2. The van der Waals surface area contributed by atoms with Crippen LogP contribution in [-0.2, 0) is 0 Å². The number of nitrogens with zero attached hydrogens (tertiary/aromatic N) is 1. The van der Waals surface area contributed by atoms with E-state index < -0.39 is 5.76 Å². The molecule has 2 heterocycles. The molecule has 6 nitrogen and oxygen atoms in total. The van der Waals surface area contributed by atoms with Crippen LogP contribution in [0.3, 0.4) is 0 Å². The van der Waals surface area contributed by atoms with Gasteiger partial charge in [0.15, 0.2) is 5.58 Å². The maximum Gasteiger partial charge on any atom is 0.417 e. The molecule has 29 heavy (non-hydrogen) atoms. The Hall–Kier alpha value is -4.19. The van der Waals surface area contributed by atoms with Gasteiger partial charge in [-0.25, -0.2) is 9.78 Å². The van der Waals surface area contributed by atoms with Crippen molar-refractivity contribution in [2.45, 2.75) is 0 Å². The first-order valence-electron chi connectivity index (χ1n) is 9.07. The van der Waals surface area contributed by atoms with Crippen LogP contribution >= 0.6 is 0 Å². The lowest BCUT2D eigenvalue weighted by Gasteiger charge is -2.11. The lowest BCUT2D eigenvalue weighted by atomic mass is 10.0. The van der Waals surface area contributed by atoms with Gasteiger partial charge in [0, 0.05) is 10.9 Å². The summed E-state index contributed by atoms with van der Waals surface area (Å²) in [6.07, 6.45) is 0. The molecule has 0 unspecified atom stereocenters. The second kappa shape index (κ2) is 6.76. The second-order valence-corrected chi connectivity index (χ2v) is 6.59. The summed E-state index contributed by atoms with van der Waals surface area (Å²) in [5.41, 5.74) is 4.11. The molecule has 140 valence electrons. The van der Waals surface area contributed by atoms with Crippen LogP contribution in [0, 0.1) is 0 Å². The number of hydrogen-bond acceptors (Lipinski definition) is 4. The summed E-state index contributed by atoms with van der Waals surface area (Å²) in [4.78, 5) is 32.0. The van der Waals surface area contributed by atoms with Crippen molar-refractivity contribution >= 4 is 33.6 Å². The van der Waals surface area contributed by atoms with Crippen LogP contribution in [0.15, 0.2) is 88.1 Å². The Morgan fingerprint density at radius 2 is 1.72 bits per heavy atom. The first-order chi connectivity index (χ1) is 14.2. The lowest BCUT2D eigenvalue weighted by molar-refractivity contribution is 0.102. The maximum atomic E-state index is 13.2. The molecule has 0 atom stereocenters. The Kier molecular flexibility index (Phi) is 3.95. The molecule has 1 amide bonds. The fourth-order valence-electron chi connectivity index (χ4n) is 3.38. The van der Waals surface area contributed by atoms with Crippen molar-refractivity contribution in [3.8, 4) is 11.3 Å². The van der Waals surface area contributed by atoms with Crippen molar-refractivity contribution in [1.82, 2.24) is 9.97 Å². The quantitative estimate of drug-likeness (QED) is 0.478. The van der Waals surface area contributed by atoms with Crippen molar-refractivity contribution in [2.24, 2.45) is 0 Å². The third-order valence-electron chi connectivity index (χ3n) is 4.73. The molecule has 3 aromatic carbocycles. The SMILES string of the molecule is O=C(Nc1cccc2[nH]c(=O)oc12)c1cc(-c2ccccc2)nc2ccccc12. The van der Waals surface area contributed by atoms with Gasteiger partial charge in [-0.1, -0.05) is 54.6 Å². The first-order valence-corrected chi connectivity index (χ1v) is 9.07. The Balaban J connectivity index is 1.63. The van der Waals surface area contributed by atoms with Crippen molar-refractivity contribution in [3.05, 3.63) is 95.0 Å². The van der Waals surface area contributed by atoms with Crippen LogP contribution < -0.4 is 11.1 Å². The fraction of sp³-hybridized carbons (Fsp3) is 0. The molecule has 0 spiro atoms. The maximum absolute atomic E-state index is 13.2. The van der Waals surface area contributed by atoms with Gasteiger partial charge in [0.2, 0.25) is 0 Å². The lowest BCUT2D eigenvalue weighted by Crippen LogP contribution is -2.13. The highest BCUT2D eigenvalue weighted by molar-refractivity contribution is 6.14. The molecule has 6 heteroatoms. The van der Waals surface area contributed by atoms with Crippen LogP contribution in [-0.4, -0.2) is 15.9 Å². The highest BCUT2D eigenvalue weighted by Gasteiger charge is 2.16. The van der Waals surface area contributed by atoms with Crippen LogP contribution in [0.1, 0.15) is 10.4 Å². The van der Waals surface area contributed by atoms with Crippen molar-refractivity contribution in [2.75, 3.05) is 5.32 Å². The van der Waals surface area contributed by atoms with Crippen molar-refractivity contribution in [3.63, 3.8) is 0 Å². The van der Waals surface area contributed by atoms with Gasteiger partial charge in [-0.05, 0) is 24.3 Å². The number of anilines is 1. The van der Waals surface area contributed by atoms with Crippen molar-refractivity contribution in [1.29, 1.82) is 0 Å². The Bertz CT molecular complexity index is 1420. The number of nitrogens with one attached hydrogen (secondary N) is 2. The summed E-state index contributed by atoms with van der Waals surface area (Å²) in [6, 6.07) is 24.1. The molecular formula is C23H15N3O3. The zero-order chi connectivity index (χ0) is 19.8. The predicted molar refractivity (Wildman–Crippen MR) is 112 cm³/mol. The van der Waals surface area contributed by atoms with E-state index in [4.69, 9.17) is 9.40 Å². The number of oxazole rings is 1. The number of amides is 1. The summed E-state index contributed by atoms with van der Waals surface area (Å²) in [5.74, 6) is -0.875. The number of carbonyl (C=O) groups excluding carboxylic acids is 1. The number of benzene rings is 3. The van der Waals surface area contributed by atoms with Gasteiger partial charge in [0.05, 0.1) is 28.0 Å². The average Bonchev–Trinajstić information content (AvgIpc) is 3.15. The number of para-hydroxylation sites is 2. The molecule has 2 aromatic heterocycles. The van der Waals surface area contributed by atoms with E-state index in [0.29, 0.717) is 28.0 Å². The van der Waals surface area contributed by atoms with Gasteiger partial charge in [-0.3, -0.25) is 9.78 Å². The minimum Gasteiger partial charge on any atom is -0.406 e. The molecule has 0 aliphatic rings. The van der Waals surface area contributed by atoms with Crippen LogP contribution in [0.25, 0.3) is 33.3 Å². The topological polar surface area (TPSA) is 88.0 Å². The van der Waals surface area contributed by atoms with E-state index >= 15 is 0 Å². The summed E-state index contributed by atoms with van der Waals surface area (Å²) in [7, 11) is 0. The van der Waals surface area contributed by atoms with Gasteiger partial charge >= 0.3 is 5.76 Å². The average molecular weight is 381 g/mol. The van der Waals surface area contributed by atoms with Gasteiger partial charge < -0.3 is 9.73 Å². The molecular weight excluding hydrogens is 366 g/mol. The third-order valence-corrected chi connectivity index (χ3v) is 4.73. The van der Waals surface area contributed by atoms with E-state index in [1.54, 1.807) is 24.3 Å². The molecule has 5 rings (SSSR count). The summed E-state index contributed by atoms with van der Waals surface area (Å²) >= 11 is 0. The third kappa shape index (κ3) is 3.06. The molecule has 0 radical (unpaired) electrons. The number of pyridine rings is 1. The zero-order valence-corrected chi connectivity index (χ0v) is 15.2.